The third-order valence-electron chi connectivity index (χ3n) is 4.14. The molecule has 7 nitrogen and oxygen atoms in total. The molecular weight excluding hydrogens is 316 g/mol. The SMILES string of the molecule is COCCCNc1nc(Cl)nc2nc(N3CCCCC3)n(C)c12. The van der Waals surface area contributed by atoms with Crippen LogP contribution >= 0.6 is 11.6 Å². The zero-order valence-corrected chi connectivity index (χ0v) is 14.4. The van der Waals surface area contributed by atoms with E-state index < -0.39 is 0 Å². The van der Waals surface area contributed by atoms with Crippen molar-refractivity contribution in [1.29, 1.82) is 0 Å². The first kappa shape index (κ1) is 16.3. The van der Waals surface area contributed by atoms with E-state index in [0.29, 0.717) is 12.3 Å². The van der Waals surface area contributed by atoms with Crippen molar-refractivity contribution in [3.8, 4) is 0 Å². The van der Waals surface area contributed by atoms with Crippen molar-refractivity contribution in [3.63, 3.8) is 0 Å². The second-order valence-electron chi connectivity index (χ2n) is 5.81. The molecular formula is C15H23ClN6O. The van der Waals surface area contributed by atoms with E-state index in [9.17, 15) is 0 Å². The number of imidazole rings is 1. The summed E-state index contributed by atoms with van der Waals surface area (Å²) in [7, 11) is 3.71. The summed E-state index contributed by atoms with van der Waals surface area (Å²) in [6, 6.07) is 0. The van der Waals surface area contributed by atoms with Crippen LogP contribution in [0.4, 0.5) is 11.8 Å². The molecule has 8 heteroatoms. The molecule has 1 aliphatic heterocycles. The number of piperidine rings is 1. The van der Waals surface area contributed by atoms with Crippen LogP contribution in [-0.4, -0.2) is 52.9 Å². The van der Waals surface area contributed by atoms with Gasteiger partial charge in [-0.25, -0.2) is 0 Å². The molecule has 23 heavy (non-hydrogen) atoms. The molecule has 126 valence electrons. The highest BCUT2D eigenvalue weighted by molar-refractivity contribution is 6.28. The Morgan fingerprint density at radius 2 is 1.96 bits per heavy atom. The summed E-state index contributed by atoms with van der Waals surface area (Å²) in [6.45, 7) is 3.55. The Labute approximate surface area is 141 Å². The van der Waals surface area contributed by atoms with Gasteiger partial charge in [-0.15, -0.1) is 0 Å². The van der Waals surface area contributed by atoms with Crippen LogP contribution in [0.2, 0.25) is 5.28 Å². The lowest BCUT2D eigenvalue weighted by Crippen LogP contribution is -2.31. The molecule has 0 aliphatic carbocycles. The van der Waals surface area contributed by atoms with E-state index in [2.05, 4.69) is 24.8 Å². The van der Waals surface area contributed by atoms with Gasteiger partial charge >= 0.3 is 0 Å². The minimum Gasteiger partial charge on any atom is -0.385 e. The van der Waals surface area contributed by atoms with E-state index in [1.807, 2.05) is 7.05 Å². The maximum Gasteiger partial charge on any atom is 0.226 e. The summed E-state index contributed by atoms with van der Waals surface area (Å²) in [5, 5.41) is 3.54. The topological polar surface area (TPSA) is 68.1 Å². The highest BCUT2D eigenvalue weighted by Gasteiger charge is 2.21. The molecule has 1 N–H and O–H groups in total. The number of nitrogens with one attached hydrogen (secondary N) is 1. The van der Waals surface area contributed by atoms with Gasteiger partial charge in [-0.2, -0.15) is 15.0 Å². The highest BCUT2D eigenvalue weighted by atomic mass is 35.5. The number of halogens is 1. The number of hydrogen-bond acceptors (Lipinski definition) is 6. The number of aryl methyl sites for hydroxylation is 1. The molecule has 0 amide bonds. The van der Waals surface area contributed by atoms with Gasteiger partial charge in [0.15, 0.2) is 11.5 Å². The number of nitrogens with zero attached hydrogens (tertiary/aromatic N) is 5. The predicted octanol–water partition coefficient (Wildman–Crippen LogP) is 2.46. The van der Waals surface area contributed by atoms with Gasteiger partial charge in [0, 0.05) is 40.4 Å². The largest absolute Gasteiger partial charge is 0.385 e. The van der Waals surface area contributed by atoms with Gasteiger partial charge in [-0.05, 0) is 37.3 Å². The summed E-state index contributed by atoms with van der Waals surface area (Å²) in [4.78, 5) is 15.6. The molecule has 3 rings (SSSR count). The van der Waals surface area contributed by atoms with Gasteiger partial charge in [0.1, 0.15) is 5.52 Å². The van der Waals surface area contributed by atoms with E-state index >= 15 is 0 Å². The maximum atomic E-state index is 6.06. The molecule has 1 aliphatic rings. The number of methoxy groups -OCH3 is 1. The molecule has 1 fully saturated rings. The molecule has 0 bridgehead atoms. The van der Waals surface area contributed by atoms with Crippen LogP contribution < -0.4 is 10.2 Å². The van der Waals surface area contributed by atoms with Gasteiger partial charge < -0.3 is 19.5 Å². The van der Waals surface area contributed by atoms with Crippen molar-refractivity contribution in [1.82, 2.24) is 19.5 Å². The number of anilines is 2. The third-order valence-corrected chi connectivity index (χ3v) is 4.31. The van der Waals surface area contributed by atoms with E-state index in [-0.39, 0.29) is 5.28 Å². The molecule has 0 saturated carbocycles. The van der Waals surface area contributed by atoms with Crippen molar-refractivity contribution in [2.75, 3.05) is 43.6 Å². The minimum absolute atomic E-state index is 0.218. The van der Waals surface area contributed by atoms with E-state index in [0.717, 1.165) is 43.3 Å². The maximum absolute atomic E-state index is 6.06. The van der Waals surface area contributed by atoms with Crippen molar-refractivity contribution in [2.24, 2.45) is 7.05 Å². The Balaban J connectivity index is 1.91. The standard InChI is InChI=1S/C15H23ClN6O/c1-21-11-12(17-7-6-10-23-2)18-14(16)19-13(11)20-15(21)22-8-4-3-5-9-22/h3-10H2,1-2H3,(H,17,18,19). The summed E-state index contributed by atoms with van der Waals surface area (Å²) in [5.74, 6) is 1.67. The number of aromatic nitrogens is 4. The zero-order chi connectivity index (χ0) is 16.2. The first-order valence-electron chi connectivity index (χ1n) is 8.08. The smallest absolute Gasteiger partial charge is 0.226 e. The van der Waals surface area contributed by atoms with Crippen LogP contribution in [0.1, 0.15) is 25.7 Å². The number of rotatable bonds is 6. The summed E-state index contributed by atoms with van der Waals surface area (Å²) in [6.07, 6.45) is 4.60. The monoisotopic (exact) mass is 338 g/mol. The van der Waals surface area contributed by atoms with Gasteiger partial charge in [0.2, 0.25) is 11.2 Å². The average molecular weight is 339 g/mol. The number of ether oxygens (including phenoxy) is 1. The Morgan fingerprint density at radius 3 is 2.70 bits per heavy atom. The van der Waals surface area contributed by atoms with Crippen molar-refractivity contribution >= 4 is 34.5 Å². The number of hydrogen-bond donors (Lipinski definition) is 1. The highest BCUT2D eigenvalue weighted by Crippen LogP contribution is 2.28. The van der Waals surface area contributed by atoms with Crippen LogP contribution in [0.25, 0.3) is 11.2 Å². The lowest BCUT2D eigenvalue weighted by molar-refractivity contribution is 0.198. The Morgan fingerprint density at radius 1 is 1.17 bits per heavy atom. The van der Waals surface area contributed by atoms with Gasteiger partial charge in [-0.3, -0.25) is 0 Å². The van der Waals surface area contributed by atoms with E-state index in [1.54, 1.807) is 7.11 Å². The predicted molar refractivity (Wildman–Crippen MR) is 92.4 cm³/mol. The van der Waals surface area contributed by atoms with Gasteiger partial charge in [-0.1, -0.05) is 0 Å². The van der Waals surface area contributed by atoms with Crippen LogP contribution in [0.3, 0.4) is 0 Å². The van der Waals surface area contributed by atoms with Crippen molar-refractivity contribution < 1.29 is 4.74 Å². The first-order valence-corrected chi connectivity index (χ1v) is 8.46. The van der Waals surface area contributed by atoms with Crippen LogP contribution in [0.5, 0.6) is 0 Å². The second kappa shape index (κ2) is 7.31. The van der Waals surface area contributed by atoms with Crippen LogP contribution in [0, 0.1) is 0 Å². The van der Waals surface area contributed by atoms with Crippen LogP contribution in [-0.2, 0) is 11.8 Å². The Kier molecular flexibility index (Phi) is 5.17. The quantitative estimate of drug-likeness (QED) is 0.644. The van der Waals surface area contributed by atoms with Crippen LogP contribution in [0.15, 0.2) is 0 Å². The normalized spacial score (nSPS) is 15.3. The second-order valence-corrected chi connectivity index (χ2v) is 6.14. The average Bonchev–Trinajstić information content (AvgIpc) is 2.89. The lowest BCUT2D eigenvalue weighted by atomic mass is 10.1. The fourth-order valence-electron chi connectivity index (χ4n) is 3.00. The summed E-state index contributed by atoms with van der Waals surface area (Å²) < 4.78 is 7.14. The van der Waals surface area contributed by atoms with Crippen molar-refractivity contribution in [3.05, 3.63) is 5.28 Å². The molecule has 0 unspecified atom stereocenters. The first-order chi connectivity index (χ1) is 11.2. The Hall–Kier alpha value is -1.60. The fraction of sp³-hybridized carbons (Fsp3) is 0.667. The minimum atomic E-state index is 0.218. The molecule has 2 aromatic heterocycles. The molecule has 0 radical (unpaired) electrons. The summed E-state index contributed by atoms with van der Waals surface area (Å²) in [5.41, 5.74) is 1.54. The molecule has 0 atom stereocenters. The molecule has 1 saturated heterocycles. The lowest BCUT2D eigenvalue weighted by Gasteiger charge is -2.27. The van der Waals surface area contributed by atoms with Crippen molar-refractivity contribution in [2.45, 2.75) is 25.7 Å². The molecule has 3 heterocycles. The van der Waals surface area contributed by atoms with Gasteiger partial charge in [0.05, 0.1) is 0 Å². The molecule has 2 aromatic rings. The van der Waals surface area contributed by atoms with E-state index in [4.69, 9.17) is 21.3 Å². The zero-order valence-electron chi connectivity index (χ0n) is 13.7. The third kappa shape index (κ3) is 3.50. The Bertz CT molecular complexity index is 668. The molecule has 0 aromatic carbocycles. The summed E-state index contributed by atoms with van der Waals surface area (Å²) >= 11 is 6.06. The number of fused-ring (bicyclic) bond motifs is 1. The van der Waals surface area contributed by atoms with E-state index in [1.165, 1.54) is 19.3 Å². The fourth-order valence-corrected chi connectivity index (χ4v) is 3.16. The molecule has 0 spiro atoms. The van der Waals surface area contributed by atoms with Gasteiger partial charge in [0.25, 0.3) is 0 Å².